The minimum absolute atomic E-state index is 0.0316. The molecule has 3 saturated carbocycles. The zero-order valence-electron chi connectivity index (χ0n) is 27.7. The number of hydrogen-bond donors (Lipinski definition) is 4. The molecule has 0 saturated heterocycles. The third-order valence-electron chi connectivity index (χ3n) is 12.0. The summed E-state index contributed by atoms with van der Waals surface area (Å²) in [6.45, 7) is 3.65. The van der Waals surface area contributed by atoms with Crippen LogP contribution in [0.25, 0.3) is 0 Å². The second-order valence-electron chi connectivity index (χ2n) is 14.3. The Morgan fingerprint density at radius 2 is 1.77 bits per heavy atom. The number of nitrogens with zero attached hydrogens (tertiary/aromatic N) is 1. The molecule has 4 unspecified atom stereocenters. The molecule has 13 nitrogen and oxygen atoms in total. The van der Waals surface area contributed by atoms with Gasteiger partial charge in [-0.2, -0.15) is 0 Å². The molecule has 4 N–H and O–H groups in total. The topological polar surface area (TPSA) is 203 Å². The number of benzene rings is 1. The highest BCUT2D eigenvalue weighted by atomic mass is 16.8. The molecular weight excluding hydrogens is 624 g/mol. The first-order chi connectivity index (χ1) is 22.6. The molecule has 0 aliphatic heterocycles. The quantitative estimate of drug-likeness (QED) is 0.198. The normalized spacial score (nSPS) is 31.3. The lowest BCUT2D eigenvalue weighted by Crippen LogP contribution is -2.58. The Labute approximate surface area is 279 Å². The van der Waals surface area contributed by atoms with E-state index in [0.29, 0.717) is 36.7 Å². The summed E-state index contributed by atoms with van der Waals surface area (Å²) in [4.78, 5) is 63.2. The number of amides is 1. The van der Waals surface area contributed by atoms with Gasteiger partial charge in [0.1, 0.15) is 11.6 Å². The van der Waals surface area contributed by atoms with Crippen LogP contribution in [-0.4, -0.2) is 70.3 Å². The van der Waals surface area contributed by atoms with Crippen molar-refractivity contribution in [1.29, 1.82) is 0 Å². The van der Waals surface area contributed by atoms with E-state index in [1.807, 2.05) is 13.0 Å². The largest absolute Gasteiger partial charge is 0.871 e. The van der Waals surface area contributed by atoms with Crippen molar-refractivity contribution >= 4 is 35.1 Å². The van der Waals surface area contributed by atoms with Crippen molar-refractivity contribution in [2.24, 2.45) is 28.6 Å². The number of esters is 2. The smallest absolute Gasteiger partial charge is 0.328 e. The van der Waals surface area contributed by atoms with Crippen molar-refractivity contribution in [3.8, 4) is 5.75 Å². The van der Waals surface area contributed by atoms with E-state index in [9.17, 15) is 44.6 Å². The van der Waals surface area contributed by atoms with E-state index < -0.39 is 58.7 Å². The van der Waals surface area contributed by atoms with Crippen molar-refractivity contribution in [3.63, 3.8) is 0 Å². The van der Waals surface area contributed by atoms with Crippen LogP contribution in [0.3, 0.4) is 0 Å². The van der Waals surface area contributed by atoms with E-state index in [1.54, 1.807) is 0 Å². The fraction of sp³-hybridized carbons (Fsp3) is 0.629. The summed E-state index contributed by atoms with van der Waals surface area (Å²) >= 11 is 0. The number of methoxy groups -OCH3 is 1. The monoisotopic (exact) mass is 669 g/mol. The molecule has 1 aromatic rings. The highest BCUT2D eigenvalue weighted by molar-refractivity contribution is 5.92. The van der Waals surface area contributed by atoms with E-state index in [1.165, 1.54) is 11.6 Å². The third kappa shape index (κ3) is 6.47. The van der Waals surface area contributed by atoms with E-state index in [2.05, 4.69) is 12.2 Å². The van der Waals surface area contributed by atoms with Crippen molar-refractivity contribution in [2.75, 3.05) is 18.9 Å². The van der Waals surface area contributed by atoms with Gasteiger partial charge in [-0.3, -0.25) is 29.6 Å². The Kier molecular flexibility index (Phi) is 10.1. The van der Waals surface area contributed by atoms with Crippen molar-refractivity contribution in [2.45, 2.75) is 96.1 Å². The first kappa shape index (κ1) is 35.5. The van der Waals surface area contributed by atoms with Gasteiger partial charge < -0.3 is 25.0 Å². The minimum atomic E-state index is -1.64. The summed E-state index contributed by atoms with van der Waals surface area (Å²) in [7, 11) is 1.13. The van der Waals surface area contributed by atoms with Gasteiger partial charge in [0.05, 0.1) is 19.2 Å². The summed E-state index contributed by atoms with van der Waals surface area (Å²) in [5.41, 5.74) is -1.21. The highest BCUT2D eigenvalue weighted by Gasteiger charge is 2.66. The van der Waals surface area contributed by atoms with Crippen molar-refractivity contribution < 1.29 is 54.1 Å². The fourth-order valence-corrected chi connectivity index (χ4v) is 9.27. The second-order valence-corrected chi connectivity index (χ2v) is 14.3. The number of aliphatic hydroxyl groups is 1. The van der Waals surface area contributed by atoms with Gasteiger partial charge in [-0.05, 0) is 85.8 Å². The average Bonchev–Trinajstić information content (AvgIpc) is 3.34. The Bertz CT molecular complexity index is 1510. The van der Waals surface area contributed by atoms with Crippen molar-refractivity contribution in [1.82, 2.24) is 5.32 Å². The number of rotatable bonds is 11. The van der Waals surface area contributed by atoms with E-state index in [-0.39, 0.29) is 48.0 Å². The zero-order valence-corrected chi connectivity index (χ0v) is 27.7. The van der Waals surface area contributed by atoms with Crippen LogP contribution in [0.4, 0.5) is 5.69 Å². The van der Waals surface area contributed by atoms with Crippen LogP contribution in [0.1, 0.15) is 83.6 Å². The number of Topliss-reactive ketones (excluding diaryl/α,β-unsaturated/α-hetero) is 1. The summed E-state index contributed by atoms with van der Waals surface area (Å²) in [6.07, 6.45) is 6.64. The standard InChI is InChI=1S/C35H46N2O11/c1-33-13-10-22(38)18-21(33)5-6-23-24(33)11-14-34(2)25(23)12-15-35(34,44)29(40)19-48-31(42)9-8-30(41)36-26(32(43)47-3)16-20-4-7-28(39)27(17-20)37(45)46/h4,7,17-18,23-26,39,44-46H,5-6,8-16,19H2,1-3H3,(H,36,41)/p-1/t23?,24?,25?,26?,33-,34-,35-/m0/s1. The number of carbonyl (C=O) groups excluding carboxylic acids is 5. The Balaban J connectivity index is 1.14. The number of ether oxygens (including phenoxy) is 2. The molecule has 0 bridgehead atoms. The lowest BCUT2D eigenvalue weighted by Gasteiger charge is -2.58. The number of ketones is 2. The van der Waals surface area contributed by atoms with Gasteiger partial charge in [-0.1, -0.05) is 37.3 Å². The van der Waals surface area contributed by atoms with Crippen LogP contribution in [-0.2, 0) is 39.9 Å². The van der Waals surface area contributed by atoms with Gasteiger partial charge in [-0.25, -0.2) is 4.79 Å². The van der Waals surface area contributed by atoms with Crippen LogP contribution in [0.15, 0.2) is 29.8 Å². The maximum Gasteiger partial charge on any atom is 0.328 e. The fourth-order valence-electron chi connectivity index (χ4n) is 9.27. The molecule has 0 aromatic heterocycles. The molecule has 7 atom stereocenters. The number of allylic oxidation sites excluding steroid dienone is 1. The predicted molar refractivity (Wildman–Crippen MR) is 166 cm³/mol. The minimum Gasteiger partial charge on any atom is -0.871 e. The summed E-state index contributed by atoms with van der Waals surface area (Å²) in [6, 6.07) is 2.38. The van der Waals surface area contributed by atoms with Crippen LogP contribution in [0, 0.1) is 28.6 Å². The van der Waals surface area contributed by atoms with Gasteiger partial charge >= 0.3 is 11.9 Å². The van der Waals surface area contributed by atoms with Crippen LogP contribution < -0.4 is 15.6 Å². The molecule has 1 amide bonds. The van der Waals surface area contributed by atoms with Crippen molar-refractivity contribution in [3.05, 3.63) is 35.4 Å². The number of nitrogens with one attached hydrogen (secondary N) is 1. The average molecular weight is 670 g/mol. The lowest BCUT2D eigenvalue weighted by atomic mass is 9.46. The molecular formula is C35H45N2O11-. The van der Waals surface area contributed by atoms with Gasteiger partial charge in [0.2, 0.25) is 11.7 Å². The van der Waals surface area contributed by atoms with Gasteiger partial charge in [0.15, 0.2) is 12.4 Å². The molecule has 0 radical (unpaired) electrons. The molecule has 1 aromatic carbocycles. The highest BCUT2D eigenvalue weighted by Crippen LogP contribution is 2.67. The Morgan fingerprint density at radius 1 is 1.04 bits per heavy atom. The zero-order chi connectivity index (χ0) is 35.0. The molecule has 262 valence electrons. The van der Waals surface area contributed by atoms with Gasteiger partial charge in [-0.15, -0.1) is 5.23 Å². The summed E-state index contributed by atoms with van der Waals surface area (Å²) < 4.78 is 9.99. The maximum atomic E-state index is 13.5. The first-order valence-corrected chi connectivity index (χ1v) is 16.6. The third-order valence-corrected chi connectivity index (χ3v) is 12.0. The van der Waals surface area contributed by atoms with Crippen LogP contribution in [0.2, 0.25) is 0 Å². The molecule has 13 heteroatoms. The van der Waals surface area contributed by atoms with Gasteiger partial charge in [0.25, 0.3) is 0 Å². The number of anilines is 1. The maximum absolute atomic E-state index is 13.5. The molecule has 4 aliphatic rings. The molecule has 3 fully saturated rings. The lowest BCUT2D eigenvalue weighted by molar-refractivity contribution is -0.268. The summed E-state index contributed by atoms with van der Waals surface area (Å²) in [5, 5.41) is 44.2. The predicted octanol–water partition coefficient (Wildman–Crippen LogP) is 2.70. The summed E-state index contributed by atoms with van der Waals surface area (Å²) in [5.74, 6) is -2.44. The number of carbonyl (C=O) groups is 5. The van der Waals surface area contributed by atoms with Crippen LogP contribution in [0.5, 0.6) is 5.75 Å². The Morgan fingerprint density at radius 3 is 2.48 bits per heavy atom. The van der Waals surface area contributed by atoms with E-state index in [4.69, 9.17) is 9.47 Å². The molecule has 48 heavy (non-hydrogen) atoms. The number of hydrogen-bond acceptors (Lipinski definition) is 12. The number of fused-ring (bicyclic) bond motifs is 5. The molecule has 0 heterocycles. The van der Waals surface area contributed by atoms with Crippen LogP contribution >= 0.6 is 0 Å². The molecule has 4 aliphatic carbocycles. The SMILES string of the molecule is COC(=O)C(Cc1ccc([O-])c(N(O)O)c1)NC(=O)CCC(=O)OCC(=O)[C@@]1(O)CCC2C3CCC4=CC(=O)CC[C@]4(C)C3CC[C@@]21C. The second kappa shape index (κ2) is 13.6. The van der Waals surface area contributed by atoms with Gasteiger partial charge in [0, 0.05) is 24.7 Å². The first-order valence-electron chi connectivity index (χ1n) is 16.6. The molecule has 5 rings (SSSR count). The molecule has 0 spiro atoms. The van der Waals surface area contributed by atoms with E-state index in [0.717, 1.165) is 44.9 Å². The van der Waals surface area contributed by atoms with E-state index >= 15 is 0 Å². The Hall–Kier alpha value is -3.81.